The van der Waals surface area contributed by atoms with Crippen LogP contribution in [0.1, 0.15) is 11.1 Å². The second-order valence-electron chi connectivity index (χ2n) is 5.69. The number of anilines is 1. The summed E-state index contributed by atoms with van der Waals surface area (Å²) in [7, 11) is 1.76. The van der Waals surface area contributed by atoms with Crippen molar-refractivity contribution < 1.29 is 9.90 Å². The molecule has 2 aromatic carbocycles. The molecule has 1 amide bonds. The highest BCUT2D eigenvalue weighted by molar-refractivity contribution is 6.12. The number of carbonyl (C=O) groups excluding carboxylic acids is 1. The van der Waals surface area contributed by atoms with Gasteiger partial charge >= 0.3 is 0 Å². The zero-order valence-electron chi connectivity index (χ0n) is 12.2. The van der Waals surface area contributed by atoms with Crippen LogP contribution in [0, 0.1) is 0 Å². The Bertz CT molecular complexity index is 883. The molecule has 1 aliphatic heterocycles. The number of aromatic amines is 1. The number of carbonyl (C=O) groups is 1. The van der Waals surface area contributed by atoms with Crippen LogP contribution in [0.5, 0.6) is 0 Å². The third kappa shape index (κ3) is 1.42. The number of fused-ring (bicyclic) bond motifs is 2. The number of aromatic nitrogens is 1. The molecule has 2 N–H and O–H groups in total. The van der Waals surface area contributed by atoms with E-state index in [1.54, 1.807) is 11.9 Å². The van der Waals surface area contributed by atoms with Crippen molar-refractivity contribution in [1.82, 2.24) is 4.98 Å². The van der Waals surface area contributed by atoms with Gasteiger partial charge in [0.05, 0.1) is 6.61 Å². The molecule has 1 unspecified atom stereocenters. The van der Waals surface area contributed by atoms with Crippen LogP contribution in [-0.2, 0) is 10.2 Å². The van der Waals surface area contributed by atoms with E-state index in [9.17, 15) is 9.90 Å². The normalized spacial score (nSPS) is 20.6. The second-order valence-corrected chi connectivity index (χ2v) is 5.69. The molecule has 3 aromatic rings. The summed E-state index contributed by atoms with van der Waals surface area (Å²) in [4.78, 5) is 17.9. The highest BCUT2D eigenvalue weighted by Gasteiger charge is 2.51. The van der Waals surface area contributed by atoms with Crippen LogP contribution in [0.2, 0.25) is 0 Å². The summed E-state index contributed by atoms with van der Waals surface area (Å²) in [6, 6.07) is 15.5. The van der Waals surface area contributed by atoms with Gasteiger partial charge in [0.25, 0.3) is 0 Å². The van der Waals surface area contributed by atoms with Crippen molar-refractivity contribution >= 4 is 22.5 Å². The van der Waals surface area contributed by atoms with Crippen molar-refractivity contribution in [3.8, 4) is 0 Å². The Labute approximate surface area is 128 Å². The molecule has 0 spiro atoms. The summed E-state index contributed by atoms with van der Waals surface area (Å²) >= 11 is 0. The van der Waals surface area contributed by atoms with Crippen molar-refractivity contribution in [2.45, 2.75) is 5.41 Å². The number of amides is 1. The monoisotopic (exact) mass is 292 g/mol. The van der Waals surface area contributed by atoms with Gasteiger partial charge in [0.2, 0.25) is 5.91 Å². The molecule has 0 radical (unpaired) electrons. The zero-order valence-corrected chi connectivity index (χ0v) is 12.2. The molecular formula is C18H16N2O2. The molecule has 1 atom stereocenters. The van der Waals surface area contributed by atoms with E-state index < -0.39 is 5.41 Å². The van der Waals surface area contributed by atoms with Crippen molar-refractivity contribution in [1.29, 1.82) is 0 Å². The first kappa shape index (κ1) is 13.1. The average molecular weight is 292 g/mol. The summed E-state index contributed by atoms with van der Waals surface area (Å²) in [5.74, 6) is -0.0963. The van der Waals surface area contributed by atoms with Crippen molar-refractivity contribution in [3.05, 3.63) is 65.9 Å². The van der Waals surface area contributed by atoms with Gasteiger partial charge < -0.3 is 15.0 Å². The molecule has 0 bridgehead atoms. The smallest absolute Gasteiger partial charge is 0.244 e. The summed E-state index contributed by atoms with van der Waals surface area (Å²) in [5.41, 5.74) is 2.46. The maximum absolute atomic E-state index is 13.0. The van der Waals surface area contributed by atoms with E-state index >= 15 is 0 Å². The van der Waals surface area contributed by atoms with Crippen LogP contribution >= 0.6 is 0 Å². The molecule has 0 fully saturated rings. The Morgan fingerprint density at radius 1 is 1.09 bits per heavy atom. The van der Waals surface area contributed by atoms with Crippen LogP contribution in [-0.4, -0.2) is 29.7 Å². The maximum atomic E-state index is 13.0. The Morgan fingerprint density at radius 3 is 2.64 bits per heavy atom. The molecule has 1 aliphatic rings. The van der Waals surface area contributed by atoms with Gasteiger partial charge in [-0.15, -0.1) is 0 Å². The summed E-state index contributed by atoms with van der Waals surface area (Å²) < 4.78 is 0. The van der Waals surface area contributed by atoms with Crippen molar-refractivity contribution in [3.63, 3.8) is 0 Å². The maximum Gasteiger partial charge on any atom is 0.244 e. The molecule has 110 valence electrons. The molecule has 4 nitrogen and oxygen atoms in total. The third-order valence-corrected chi connectivity index (χ3v) is 4.68. The molecule has 0 aliphatic carbocycles. The predicted octanol–water partition coefficient (Wildman–Crippen LogP) is 2.42. The molecule has 0 saturated heterocycles. The number of benzene rings is 2. The Morgan fingerprint density at radius 2 is 1.82 bits per heavy atom. The Balaban J connectivity index is 2.08. The molecule has 4 rings (SSSR count). The lowest BCUT2D eigenvalue weighted by Crippen LogP contribution is -2.42. The van der Waals surface area contributed by atoms with E-state index in [0.717, 1.165) is 27.7 Å². The number of para-hydroxylation sites is 2. The minimum Gasteiger partial charge on any atom is -0.395 e. The van der Waals surface area contributed by atoms with Crippen LogP contribution in [0.25, 0.3) is 10.9 Å². The molecule has 4 heteroatoms. The van der Waals surface area contributed by atoms with E-state index in [-0.39, 0.29) is 12.5 Å². The van der Waals surface area contributed by atoms with Crippen LogP contribution < -0.4 is 4.90 Å². The van der Waals surface area contributed by atoms with Crippen LogP contribution in [0.3, 0.4) is 0 Å². The quantitative estimate of drug-likeness (QED) is 0.762. The highest BCUT2D eigenvalue weighted by Crippen LogP contribution is 2.47. The van der Waals surface area contributed by atoms with E-state index in [0.29, 0.717) is 0 Å². The fourth-order valence-electron chi connectivity index (χ4n) is 3.56. The summed E-state index contributed by atoms with van der Waals surface area (Å²) in [5, 5.41) is 11.2. The highest BCUT2D eigenvalue weighted by atomic mass is 16.3. The van der Waals surface area contributed by atoms with Gasteiger partial charge in [-0.25, -0.2) is 0 Å². The zero-order chi connectivity index (χ0) is 15.3. The van der Waals surface area contributed by atoms with Gasteiger partial charge in [0.1, 0.15) is 5.41 Å². The van der Waals surface area contributed by atoms with Gasteiger partial charge in [0, 0.05) is 29.8 Å². The Kier molecular flexibility index (Phi) is 2.65. The van der Waals surface area contributed by atoms with Crippen LogP contribution in [0.4, 0.5) is 5.69 Å². The minimum absolute atomic E-state index is 0.0963. The fourth-order valence-corrected chi connectivity index (χ4v) is 3.56. The first-order chi connectivity index (χ1) is 10.7. The number of H-pyrrole nitrogens is 1. The molecule has 1 aromatic heterocycles. The van der Waals surface area contributed by atoms with Gasteiger partial charge in [0.15, 0.2) is 0 Å². The topological polar surface area (TPSA) is 56.3 Å². The lowest BCUT2D eigenvalue weighted by atomic mass is 9.76. The second kappa shape index (κ2) is 4.45. The number of nitrogens with zero attached hydrogens (tertiary/aromatic N) is 1. The first-order valence-electron chi connectivity index (χ1n) is 7.25. The lowest BCUT2D eigenvalue weighted by molar-refractivity contribution is -0.122. The molecule has 2 heterocycles. The minimum atomic E-state index is -1.04. The molecular weight excluding hydrogens is 276 g/mol. The third-order valence-electron chi connectivity index (χ3n) is 4.68. The number of hydrogen-bond acceptors (Lipinski definition) is 2. The number of nitrogens with one attached hydrogen (secondary N) is 1. The first-order valence-corrected chi connectivity index (χ1v) is 7.25. The standard InChI is InChI=1S/C18H16N2O2/c1-20-16-9-5-3-7-13(16)18(11-21,17(20)22)14-10-19-15-8-4-2-6-12(14)15/h2-10,19,21H,11H2,1H3. The van der Waals surface area contributed by atoms with E-state index in [1.807, 2.05) is 54.7 Å². The van der Waals surface area contributed by atoms with Gasteiger partial charge in [-0.1, -0.05) is 36.4 Å². The SMILES string of the molecule is CN1C(=O)C(CO)(c2c[nH]c3ccccc23)c2ccccc21. The number of hydrogen-bond donors (Lipinski definition) is 2. The number of aliphatic hydroxyl groups is 1. The van der Waals surface area contributed by atoms with Gasteiger partial charge in [-0.2, -0.15) is 0 Å². The number of aliphatic hydroxyl groups excluding tert-OH is 1. The van der Waals surface area contributed by atoms with E-state index in [2.05, 4.69) is 4.98 Å². The molecule has 0 saturated carbocycles. The Hall–Kier alpha value is -2.59. The fraction of sp³-hybridized carbons (Fsp3) is 0.167. The molecule has 22 heavy (non-hydrogen) atoms. The van der Waals surface area contributed by atoms with Gasteiger partial charge in [-0.05, 0) is 23.3 Å². The van der Waals surface area contributed by atoms with E-state index in [1.165, 1.54) is 0 Å². The predicted molar refractivity (Wildman–Crippen MR) is 86.0 cm³/mol. The van der Waals surface area contributed by atoms with Crippen LogP contribution in [0.15, 0.2) is 54.7 Å². The number of likely N-dealkylation sites (N-methyl/N-ethyl adjacent to an activating group) is 1. The van der Waals surface area contributed by atoms with Gasteiger partial charge in [-0.3, -0.25) is 4.79 Å². The average Bonchev–Trinajstić information content (AvgIpc) is 3.08. The number of rotatable bonds is 2. The largest absolute Gasteiger partial charge is 0.395 e. The van der Waals surface area contributed by atoms with Crippen molar-refractivity contribution in [2.75, 3.05) is 18.6 Å². The summed E-state index contributed by atoms with van der Waals surface area (Å²) in [6.07, 6.45) is 1.84. The lowest BCUT2D eigenvalue weighted by Gasteiger charge is -2.25. The summed E-state index contributed by atoms with van der Waals surface area (Å²) in [6.45, 7) is -0.255. The van der Waals surface area contributed by atoms with Crippen molar-refractivity contribution in [2.24, 2.45) is 0 Å². The van der Waals surface area contributed by atoms with E-state index in [4.69, 9.17) is 0 Å².